The van der Waals surface area contributed by atoms with Crippen molar-refractivity contribution < 1.29 is 19.5 Å². The van der Waals surface area contributed by atoms with Crippen molar-refractivity contribution in [3.05, 3.63) is 0 Å². The number of nitrogens with two attached hydrogens (primary N) is 1. The summed E-state index contributed by atoms with van der Waals surface area (Å²) in [6.07, 6.45) is 0.659. The minimum atomic E-state index is -1.02. The molecule has 7 nitrogen and oxygen atoms in total. The Balaban J connectivity index is 2.97. The Morgan fingerprint density at radius 3 is 2.48 bits per heavy atom. The molecule has 8 heteroatoms. The Labute approximate surface area is 128 Å². The number of amides is 3. The highest BCUT2D eigenvalue weighted by molar-refractivity contribution is 8.00. The van der Waals surface area contributed by atoms with Crippen LogP contribution in [0.5, 0.6) is 0 Å². The van der Waals surface area contributed by atoms with E-state index in [-0.39, 0.29) is 17.8 Å². The van der Waals surface area contributed by atoms with E-state index in [1.54, 1.807) is 0 Å². The van der Waals surface area contributed by atoms with Crippen molar-refractivity contribution in [2.75, 3.05) is 18.8 Å². The van der Waals surface area contributed by atoms with Crippen molar-refractivity contribution in [1.29, 1.82) is 0 Å². The highest BCUT2D eigenvalue weighted by Crippen LogP contribution is 2.32. The highest BCUT2D eigenvalue weighted by atomic mass is 32.2. The van der Waals surface area contributed by atoms with Crippen LogP contribution < -0.4 is 5.73 Å². The molecule has 0 aromatic heterocycles. The summed E-state index contributed by atoms with van der Waals surface area (Å²) < 4.78 is 0. The summed E-state index contributed by atoms with van der Waals surface area (Å²) in [5.41, 5.74) is 5.19. The van der Waals surface area contributed by atoms with Gasteiger partial charge in [-0.3, -0.25) is 9.69 Å². The van der Waals surface area contributed by atoms with Crippen molar-refractivity contribution in [2.45, 2.75) is 38.6 Å². The van der Waals surface area contributed by atoms with E-state index in [1.807, 2.05) is 20.8 Å². The normalized spacial score (nSPS) is 21.6. The van der Waals surface area contributed by atoms with Gasteiger partial charge in [-0.1, -0.05) is 20.8 Å². The molecule has 1 heterocycles. The van der Waals surface area contributed by atoms with E-state index >= 15 is 0 Å². The molecule has 3 N–H and O–H groups in total. The SMILES string of the molecule is CCC1SCC(C(=O)O)N1C(=O)N(CC(N)=O)CC(C)C. The molecule has 1 aliphatic heterocycles. The zero-order chi connectivity index (χ0) is 16.2. The summed E-state index contributed by atoms with van der Waals surface area (Å²) in [6, 6.07) is -1.28. The van der Waals surface area contributed by atoms with Crippen LogP contribution in [0.4, 0.5) is 4.79 Å². The molecule has 1 saturated heterocycles. The van der Waals surface area contributed by atoms with E-state index in [2.05, 4.69) is 0 Å². The van der Waals surface area contributed by atoms with Crippen LogP contribution in [-0.2, 0) is 9.59 Å². The zero-order valence-electron chi connectivity index (χ0n) is 12.6. The molecule has 0 aromatic rings. The molecule has 2 atom stereocenters. The van der Waals surface area contributed by atoms with Gasteiger partial charge in [-0.15, -0.1) is 11.8 Å². The van der Waals surface area contributed by atoms with Crippen LogP contribution in [0.1, 0.15) is 27.2 Å². The molecular formula is C13H23N3O4S. The van der Waals surface area contributed by atoms with Gasteiger partial charge in [-0.2, -0.15) is 0 Å². The molecule has 21 heavy (non-hydrogen) atoms. The second-order valence-corrected chi connectivity index (χ2v) is 6.69. The molecule has 1 aliphatic rings. The van der Waals surface area contributed by atoms with Gasteiger partial charge < -0.3 is 15.7 Å². The van der Waals surface area contributed by atoms with Crippen LogP contribution in [0, 0.1) is 5.92 Å². The maximum absolute atomic E-state index is 12.7. The molecule has 0 spiro atoms. The van der Waals surface area contributed by atoms with E-state index < -0.39 is 23.9 Å². The molecule has 120 valence electrons. The highest BCUT2D eigenvalue weighted by Gasteiger charge is 2.42. The summed E-state index contributed by atoms with van der Waals surface area (Å²) in [6.45, 7) is 5.92. The van der Waals surface area contributed by atoms with Gasteiger partial charge in [0.05, 0.1) is 5.37 Å². The predicted octanol–water partition coefficient (Wildman–Crippen LogP) is 0.788. The number of primary amides is 1. The fourth-order valence-electron chi connectivity index (χ4n) is 2.33. The van der Waals surface area contributed by atoms with Crippen LogP contribution in [0.25, 0.3) is 0 Å². The second-order valence-electron chi connectivity index (χ2n) is 5.48. The Hall–Kier alpha value is -1.44. The van der Waals surface area contributed by atoms with Gasteiger partial charge in [0.25, 0.3) is 0 Å². The minimum Gasteiger partial charge on any atom is -0.480 e. The number of carboxylic acid groups (broad SMARTS) is 1. The third kappa shape index (κ3) is 4.52. The van der Waals surface area contributed by atoms with Crippen LogP contribution in [0.15, 0.2) is 0 Å². The van der Waals surface area contributed by atoms with E-state index in [0.29, 0.717) is 18.7 Å². The Kier molecular flexibility index (Phi) is 6.32. The molecule has 0 radical (unpaired) electrons. The number of thioether (sulfide) groups is 1. The van der Waals surface area contributed by atoms with Gasteiger partial charge >= 0.3 is 12.0 Å². The number of hydrogen-bond donors (Lipinski definition) is 2. The lowest BCUT2D eigenvalue weighted by Crippen LogP contribution is -2.53. The third-order valence-corrected chi connectivity index (χ3v) is 4.60. The fraction of sp³-hybridized carbons (Fsp3) is 0.769. The van der Waals surface area contributed by atoms with E-state index in [4.69, 9.17) is 5.73 Å². The van der Waals surface area contributed by atoms with Gasteiger partial charge in [-0.05, 0) is 12.3 Å². The topological polar surface area (TPSA) is 104 Å². The van der Waals surface area contributed by atoms with Crippen LogP contribution in [0.2, 0.25) is 0 Å². The minimum absolute atomic E-state index is 0.159. The summed E-state index contributed by atoms with van der Waals surface area (Å²) in [5.74, 6) is -1.09. The average molecular weight is 317 g/mol. The number of carbonyl (C=O) groups is 3. The lowest BCUT2D eigenvalue weighted by molar-refractivity contribution is -0.141. The number of rotatable bonds is 6. The van der Waals surface area contributed by atoms with Crippen LogP contribution in [0.3, 0.4) is 0 Å². The van der Waals surface area contributed by atoms with Crippen molar-refractivity contribution in [3.8, 4) is 0 Å². The average Bonchev–Trinajstić information content (AvgIpc) is 2.79. The maximum Gasteiger partial charge on any atom is 0.327 e. The van der Waals surface area contributed by atoms with Gasteiger partial charge in [0.1, 0.15) is 12.6 Å². The van der Waals surface area contributed by atoms with Crippen LogP contribution >= 0.6 is 11.8 Å². The Morgan fingerprint density at radius 1 is 1.43 bits per heavy atom. The molecule has 2 unspecified atom stereocenters. The number of urea groups is 1. The number of carbonyl (C=O) groups excluding carboxylic acids is 2. The zero-order valence-corrected chi connectivity index (χ0v) is 13.4. The first-order valence-electron chi connectivity index (χ1n) is 6.97. The quantitative estimate of drug-likeness (QED) is 0.753. The number of carboxylic acids is 1. The molecule has 0 aliphatic carbocycles. The monoisotopic (exact) mass is 317 g/mol. The third-order valence-electron chi connectivity index (χ3n) is 3.15. The molecule has 0 bridgehead atoms. The van der Waals surface area contributed by atoms with Gasteiger partial charge in [0.2, 0.25) is 5.91 Å². The van der Waals surface area contributed by atoms with E-state index in [0.717, 1.165) is 0 Å². The first kappa shape index (κ1) is 17.6. The lowest BCUT2D eigenvalue weighted by Gasteiger charge is -2.33. The fourth-order valence-corrected chi connectivity index (χ4v) is 3.67. The lowest BCUT2D eigenvalue weighted by atomic mass is 10.2. The van der Waals surface area contributed by atoms with Crippen molar-refractivity contribution in [3.63, 3.8) is 0 Å². The number of nitrogens with zero attached hydrogens (tertiary/aromatic N) is 2. The molecule has 3 amide bonds. The molecule has 0 aromatic carbocycles. The smallest absolute Gasteiger partial charge is 0.327 e. The standard InChI is InChI=1S/C13H23N3O4S/c1-4-11-16(9(7-21-11)12(18)19)13(20)15(5-8(2)3)6-10(14)17/h8-9,11H,4-7H2,1-3H3,(H2,14,17)(H,18,19). The Bertz CT molecular complexity index is 416. The van der Waals surface area contributed by atoms with Crippen molar-refractivity contribution >= 4 is 29.7 Å². The summed E-state index contributed by atoms with van der Waals surface area (Å²) in [7, 11) is 0. The first-order valence-corrected chi connectivity index (χ1v) is 8.02. The van der Waals surface area contributed by atoms with E-state index in [1.165, 1.54) is 21.6 Å². The van der Waals surface area contributed by atoms with Crippen molar-refractivity contribution in [1.82, 2.24) is 9.80 Å². The number of aliphatic carboxylic acids is 1. The molecular weight excluding hydrogens is 294 g/mol. The Morgan fingerprint density at radius 2 is 2.05 bits per heavy atom. The summed E-state index contributed by atoms with van der Waals surface area (Å²) in [4.78, 5) is 37.9. The largest absolute Gasteiger partial charge is 0.480 e. The van der Waals surface area contributed by atoms with Gasteiger partial charge in [0.15, 0.2) is 0 Å². The molecule has 0 saturated carbocycles. The van der Waals surface area contributed by atoms with Gasteiger partial charge in [-0.25, -0.2) is 9.59 Å². The predicted molar refractivity (Wildman–Crippen MR) is 80.8 cm³/mol. The molecule has 1 fully saturated rings. The van der Waals surface area contributed by atoms with Crippen LogP contribution in [-0.4, -0.2) is 63.1 Å². The maximum atomic E-state index is 12.7. The second kappa shape index (κ2) is 7.53. The first-order chi connectivity index (χ1) is 9.77. The number of hydrogen-bond acceptors (Lipinski definition) is 4. The van der Waals surface area contributed by atoms with Crippen molar-refractivity contribution in [2.24, 2.45) is 11.7 Å². The van der Waals surface area contributed by atoms with Gasteiger partial charge in [0, 0.05) is 12.3 Å². The molecule has 1 rings (SSSR count). The summed E-state index contributed by atoms with van der Waals surface area (Å²) in [5, 5.41) is 9.09. The van der Waals surface area contributed by atoms with E-state index in [9.17, 15) is 19.5 Å². The summed E-state index contributed by atoms with van der Waals surface area (Å²) >= 11 is 1.45.